The van der Waals surface area contributed by atoms with Crippen LogP contribution < -0.4 is 0 Å². The van der Waals surface area contributed by atoms with Crippen molar-refractivity contribution in [1.29, 1.82) is 0 Å². The summed E-state index contributed by atoms with van der Waals surface area (Å²) in [5.74, 6) is -1.54. The highest BCUT2D eigenvalue weighted by atomic mass is 16.7. The Morgan fingerprint density at radius 1 is 0.778 bits per heavy atom. The first-order valence-electron chi connectivity index (χ1n) is 20.3. The van der Waals surface area contributed by atoms with E-state index in [9.17, 15) is 50.4 Å². The van der Waals surface area contributed by atoms with Crippen molar-refractivity contribution < 1.29 is 64.7 Å². The van der Waals surface area contributed by atoms with E-state index >= 15 is 0 Å². The fourth-order valence-electron chi connectivity index (χ4n) is 15.2. The van der Waals surface area contributed by atoms with Gasteiger partial charge in [-0.25, -0.2) is 4.79 Å². The molecular formula is C41H62O13. The standard InChI is InChI=1S/C41H62O13/c1-36(2)19(31-28(46)27(45)29(47)32(53-31)33(49)50)9-11-38(4)22(36)10-12-39(5)23(38)8-7-18-20-15-37(3)13-14-41(20,24(37)16-40(18,39)6)35(51)54-34-30(48)26(44)25(43)21(17-42)52-34/h7,19-32,34,42-48H,8-17H2,1-6H3,(H,49,50)/t19-,20+,21-,22+,23-,24+,25-,26+,27-,28-,29+,30-,31+,32+,34+,37?,38+,39-,40-,41-/m1/s1. The van der Waals surface area contributed by atoms with Crippen LogP contribution in [0.3, 0.4) is 0 Å². The number of carbonyl (C=O) groups excluding carboxylic acids is 1. The molecule has 8 rings (SSSR count). The Bertz CT molecular complexity index is 1580. The molecular weight excluding hydrogens is 700 g/mol. The summed E-state index contributed by atoms with van der Waals surface area (Å²) in [5.41, 5.74) is -0.343. The molecule has 13 heteroatoms. The maximum absolute atomic E-state index is 14.6. The van der Waals surface area contributed by atoms with Gasteiger partial charge in [0.05, 0.1) is 18.1 Å². The summed E-state index contributed by atoms with van der Waals surface area (Å²) in [4.78, 5) is 26.6. The van der Waals surface area contributed by atoms with Gasteiger partial charge in [-0.15, -0.1) is 0 Å². The molecule has 2 aliphatic heterocycles. The second-order valence-corrected chi connectivity index (χ2v) is 20.4. The zero-order valence-corrected chi connectivity index (χ0v) is 32.4. The number of carboxylic acid groups (broad SMARTS) is 1. The van der Waals surface area contributed by atoms with Gasteiger partial charge in [-0.3, -0.25) is 4.79 Å². The van der Waals surface area contributed by atoms with Crippen molar-refractivity contribution in [2.24, 2.45) is 62.1 Å². The number of aliphatic hydroxyl groups excluding tert-OH is 7. The molecule has 2 heterocycles. The van der Waals surface area contributed by atoms with Gasteiger partial charge in [0.2, 0.25) is 6.29 Å². The van der Waals surface area contributed by atoms with E-state index in [1.54, 1.807) is 0 Å². The van der Waals surface area contributed by atoms with Crippen molar-refractivity contribution in [2.45, 2.75) is 161 Å². The SMILES string of the molecule is CC12CC[C@@]3(C(=O)O[C@@H]4O[C@H](CO)[C@@H](O)[C@H](O)[C@H]4O)[C@@H](C1)C1=CC[C@@H]4[C@@]5(C)CC[C@H]([C@@H]6O[C@H](C(=O)O)[C@@H](O)[C@H](O)[C@H]6O)C(C)(C)[C@@H]5CC[C@@]4(C)[C@]1(C)C[C@@H]23. The minimum Gasteiger partial charge on any atom is -0.479 e. The van der Waals surface area contributed by atoms with Crippen LogP contribution in [0.2, 0.25) is 0 Å². The highest BCUT2D eigenvalue weighted by molar-refractivity contribution is 5.81. The lowest BCUT2D eigenvalue weighted by Crippen LogP contribution is -2.67. The van der Waals surface area contributed by atoms with Crippen LogP contribution in [0.4, 0.5) is 0 Å². The molecule has 0 spiro atoms. The number of aliphatic hydroxyl groups is 7. The Hall–Kier alpha value is -1.68. The maximum Gasteiger partial charge on any atom is 0.335 e. The van der Waals surface area contributed by atoms with E-state index in [0.29, 0.717) is 18.8 Å². The average Bonchev–Trinajstić information content (AvgIpc) is 3.48. The molecule has 8 aliphatic rings. The lowest BCUT2D eigenvalue weighted by atomic mass is 9.33. The molecule has 5 saturated carbocycles. The van der Waals surface area contributed by atoms with E-state index in [4.69, 9.17) is 14.2 Å². The highest BCUT2D eigenvalue weighted by Gasteiger charge is 2.78. The highest BCUT2D eigenvalue weighted by Crippen LogP contribution is 2.82. The Morgan fingerprint density at radius 3 is 2.13 bits per heavy atom. The van der Waals surface area contributed by atoms with Crippen molar-refractivity contribution >= 4 is 11.9 Å². The molecule has 54 heavy (non-hydrogen) atoms. The Kier molecular flexibility index (Phi) is 9.00. The Labute approximate surface area is 317 Å². The summed E-state index contributed by atoms with van der Waals surface area (Å²) in [7, 11) is 0. The third kappa shape index (κ3) is 4.82. The third-order valence-corrected chi connectivity index (χ3v) is 18.2. The van der Waals surface area contributed by atoms with Crippen molar-refractivity contribution in [3.05, 3.63) is 11.6 Å². The molecule has 0 radical (unpaired) electrons. The van der Waals surface area contributed by atoms with Crippen molar-refractivity contribution in [1.82, 2.24) is 0 Å². The lowest BCUT2D eigenvalue weighted by Gasteiger charge is -2.71. The number of esters is 1. The van der Waals surface area contributed by atoms with E-state index in [1.165, 1.54) is 5.57 Å². The fourth-order valence-corrected chi connectivity index (χ4v) is 15.2. The lowest BCUT2D eigenvalue weighted by molar-refractivity contribution is -0.297. The largest absolute Gasteiger partial charge is 0.479 e. The van der Waals surface area contributed by atoms with E-state index in [-0.39, 0.29) is 50.7 Å². The molecule has 13 nitrogen and oxygen atoms in total. The topological polar surface area (TPSA) is 224 Å². The van der Waals surface area contributed by atoms with Crippen LogP contribution in [-0.2, 0) is 23.8 Å². The van der Waals surface area contributed by atoms with Crippen LogP contribution in [0.15, 0.2) is 11.6 Å². The molecule has 0 aromatic heterocycles. The van der Waals surface area contributed by atoms with Crippen LogP contribution >= 0.6 is 0 Å². The van der Waals surface area contributed by atoms with Gasteiger partial charge < -0.3 is 55.1 Å². The molecule has 4 bridgehead atoms. The number of carboxylic acids is 1. The van der Waals surface area contributed by atoms with Crippen molar-refractivity contribution in [3.63, 3.8) is 0 Å². The first-order chi connectivity index (χ1) is 25.1. The third-order valence-electron chi connectivity index (χ3n) is 18.2. The first-order valence-corrected chi connectivity index (χ1v) is 20.3. The second-order valence-electron chi connectivity index (χ2n) is 20.4. The van der Waals surface area contributed by atoms with Gasteiger partial charge in [0.25, 0.3) is 0 Å². The van der Waals surface area contributed by atoms with Gasteiger partial charge in [0, 0.05) is 0 Å². The normalized spacial score (nSPS) is 57.3. The number of aliphatic carboxylic acids is 1. The van der Waals surface area contributed by atoms with Crippen molar-refractivity contribution in [2.75, 3.05) is 6.61 Å². The number of hydrogen-bond donors (Lipinski definition) is 8. The number of hydrogen-bond acceptors (Lipinski definition) is 12. The predicted molar refractivity (Wildman–Crippen MR) is 190 cm³/mol. The minimum atomic E-state index is -1.72. The minimum absolute atomic E-state index is 0.0247. The van der Waals surface area contributed by atoms with E-state index in [0.717, 1.165) is 44.9 Å². The Morgan fingerprint density at radius 2 is 1.46 bits per heavy atom. The smallest absolute Gasteiger partial charge is 0.335 e. The van der Waals surface area contributed by atoms with Crippen LogP contribution in [0.1, 0.15) is 99.3 Å². The number of fused-ring (bicyclic) bond motifs is 6. The molecule has 304 valence electrons. The summed E-state index contributed by atoms with van der Waals surface area (Å²) >= 11 is 0. The first kappa shape index (κ1) is 39.2. The summed E-state index contributed by atoms with van der Waals surface area (Å²) in [6, 6.07) is 0. The summed E-state index contributed by atoms with van der Waals surface area (Å²) in [5, 5.41) is 83.3. The van der Waals surface area contributed by atoms with Gasteiger partial charge in [-0.2, -0.15) is 0 Å². The zero-order valence-electron chi connectivity index (χ0n) is 32.4. The van der Waals surface area contributed by atoms with E-state index < -0.39 is 85.2 Å². The molecule has 7 fully saturated rings. The van der Waals surface area contributed by atoms with Crippen LogP contribution in [0.25, 0.3) is 0 Å². The van der Waals surface area contributed by atoms with Gasteiger partial charge in [0.1, 0.15) is 42.7 Å². The number of carbonyl (C=O) groups is 2. The monoisotopic (exact) mass is 762 g/mol. The van der Waals surface area contributed by atoms with Gasteiger partial charge in [-0.05, 0) is 114 Å². The molecule has 8 N–H and O–H groups in total. The molecule has 2 saturated heterocycles. The van der Waals surface area contributed by atoms with Crippen LogP contribution in [0.5, 0.6) is 0 Å². The number of ether oxygens (including phenoxy) is 3. The summed E-state index contributed by atoms with van der Waals surface area (Å²) in [6.07, 6.45) is -4.97. The Balaban J connectivity index is 1.09. The van der Waals surface area contributed by atoms with Crippen molar-refractivity contribution in [3.8, 4) is 0 Å². The quantitative estimate of drug-likeness (QED) is 0.148. The fraction of sp³-hybridized carbons (Fsp3) is 0.902. The molecule has 0 amide bonds. The number of allylic oxidation sites excluding steroid dienone is 2. The van der Waals surface area contributed by atoms with Crippen LogP contribution in [0, 0.1) is 62.1 Å². The maximum atomic E-state index is 14.6. The predicted octanol–water partition coefficient (Wildman–Crippen LogP) is 1.90. The van der Waals surface area contributed by atoms with E-state index in [1.807, 2.05) is 0 Å². The molecule has 0 aromatic rings. The molecule has 0 aromatic carbocycles. The molecule has 1 unspecified atom stereocenters. The average molecular weight is 763 g/mol. The molecule has 6 aliphatic carbocycles. The zero-order chi connectivity index (χ0) is 39.3. The summed E-state index contributed by atoms with van der Waals surface area (Å²) < 4.78 is 17.6. The van der Waals surface area contributed by atoms with Gasteiger partial charge in [-0.1, -0.05) is 53.2 Å². The number of rotatable bonds is 5. The van der Waals surface area contributed by atoms with E-state index in [2.05, 4.69) is 47.6 Å². The van der Waals surface area contributed by atoms with Gasteiger partial charge >= 0.3 is 11.9 Å². The molecule has 20 atom stereocenters. The van der Waals surface area contributed by atoms with Crippen LogP contribution in [-0.4, -0.2) is 121 Å². The van der Waals surface area contributed by atoms with Gasteiger partial charge in [0.15, 0.2) is 6.10 Å². The summed E-state index contributed by atoms with van der Waals surface area (Å²) in [6.45, 7) is 13.4. The second kappa shape index (κ2) is 12.4.